The van der Waals surface area contributed by atoms with Crippen molar-refractivity contribution in [3.63, 3.8) is 0 Å². The molecule has 2 rings (SSSR count). The number of benzene rings is 1. The lowest BCUT2D eigenvalue weighted by Crippen LogP contribution is -2.41. The van der Waals surface area contributed by atoms with E-state index in [-0.39, 0.29) is 17.5 Å². The number of sulfonamides is 1. The Kier molecular flexibility index (Phi) is 4.88. The summed E-state index contributed by atoms with van der Waals surface area (Å²) in [6.07, 6.45) is -0.134. The Morgan fingerprint density at radius 1 is 1.38 bits per heavy atom. The van der Waals surface area contributed by atoms with E-state index in [0.29, 0.717) is 18.7 Å². The Labute approximate surface area is 126 Å². The predicted molar refractivity (Wildman–Crippen MR) is 82.8 cm³/mol. The fraction of sp³-hybridized carbons (Fsp3) is 0.571. The summed E-state index contributed by atoms with van der Waals surface area (Å²) in [6, 6.07) is 6.63. The second-order valence-corrected chi connectivity index (χ2v) is 7.49. The molecule has 0 spiro atoms. The topological polar surface area (TPSA) is 72.9 Å². The minimum Gasteiger partial charge on any atom is -0.392 e. The smallest absolute Gasteiger partial charge is 0.245 e. The number of rotatable bonds is 5. The molecule has 21 heavy (non-hydrogen) atoms. The zero-order chi connectivity index (χ0) is 15.6. The number of anilines is 1. The monoisotopic (exact) mass is 313 g/mol. The molecule has 2 unspecified atom stereocenters. The Hall–Kier alpha value is -1.15. The molecule has 118 valence electrons. The molecule has 0 bridgehead atoms. The molecular weight excluding hydrogens is 290 g/mol. The fourth-order valence-corrected chi connectivity index (χ4v) is 4.63. The zero-order valence-corrected chi connectivity index (χ0v) is 13.5. The molecule has 0 amide bonds. The maximum Gasteiger partial charge on any atom is 0.245 e. The minimum absolute atomic E-state index is 0.152. The van der Waals surface area contributed by atoms with Gasteiger partial charge in [0.05, 0.1) is 11.8 Å². The zero-order valence-electron chi connectivity index (χ0n) is 12.7. The molecule has 2 atom stereocenters. The maximum atomic E-state index is 12.9. The Morgan fingerprint density at radius 2 is 2.05 bits per heavy atom. The van der Waals surface area contributed by atoms with Crippen molar-refractivity contribution < 1.29 is 13.5 Å². The summed E-state index contributed by atoms with van der Waals surface area (Å²) in [4.78, 5) is 2.19. The van der Waals surface area contributed by atoms with Gasteiger partial charge in [0.15, 0.2) is 0 Å². The first kappa shape index (κ1) is 16.2. The quantitative estimate of drug-likeness (QED) is 0.824. The van der Waals surface area contributed by atoms with Crippen LogP contribution < -0.4 is 5.32 Å². The largest absolute Gasteiger partial charge is 0.392 e. The van der Waals surface area contributed by atoms with Crippen molar-refractivity contribution in [3.05, 3.63) is 24.3 Å². The molecule has 0 radical (unpaired) electrons. The molecule has 1 aromatic rings. The second kappa shape index (κ2) is 6.31. The van der Waals surface area contributed by atoms with Gasteiger partial charge in [-0.2, -0.15) is 4.31 Å². The molecule has 0 aromatic heterocycles. The number of β-amino-alcohol motifs (C(OH)–C–C–N with tert-alkyl or cyclic N) is 1. The number of nitrogens with zero attached hydrogens (tertiary/aromatic N) is 2. The lowest BCUT2D eigenvalue weighted by Gasteiger charge is -2.26. The number of likely N-dealkylation sites (N-methyl/N-ethyl adjacent to an activating group) is 1. The van der Waals surface area contributed by atoms with Gasteiger partial charge in [-0.3, -0.25) is 0 Å². The first-order valence-corrected chi connectivity index (χ1v) is 8.41. The van der Waals surface area contributed by atoms with Crippen molar-refractivity contribution in [2.75, 3.05) is 39.5 Å². The highest BCUT2D eigenvalue weighted by Gasteiger charge is 2.40. The van der Waals surface area contributed by atoms with Crippen LogP contribution in [0.1, 0.15) is 6.42 Å². The van der Waals surface area contributed by atoms with Crippen molar-refractivity contribution in [2.24, 2.45) is 0 Å². The Bertz CT molecular complexity index is 589. The van der Waals surface area contributed by atoms with Crippen molar-refractivity contribution in [1.29, 1.82) is 0 Å². The predicted octanol–water partition coefficient (Wildman–Crippen LogP) is 0.414. The van der Waals surface area contributed by atoms with Gasteiger partial charge in [-0.25, -0.2) is 8.42 Å². The molecule has 2 N–H and O–H groups in total. The first-order valence-electron chi connectivity index (χ1n) is 6.97. The van der Waals surface area contributed by atoms with E-state index < -0.39 is 16.1 Å². The average Bonchev–Trinajstić information content (AvgIpc) is 2.79. The Morgan fingerprint density at radius 3 is 2.67 bits per heavy atom. The van der Waals surface area contributed by atoms with Gasteiger partial charge in [0, 0.05) is 26.2 Å². The summed E-state index contributed by atoms with van der Waals surface area (Å²) >= 11 is 0. The third kappa shape index (κ3) is 3.37. The summed E-state index contributed by atoms with van der Waals surface area (Å²) in [5.41, 5.74) is 0.572. The molecular formula is C14H23N3O3S. The van der Waals surface area contributed by atoms with Gasteiger partial charge in [0.1, 0.15) is 4.90 Å². The summed E-state index contributed by atoms with van der Waals surface area (Å²) in [6.45, 7) is 0.747. The van der Waals surface area contributed by atoms with E-state index in [1.165, 1.54) is 4.31 Å². The van der Waals surface area contributed by atoms with Crippen LogP contribution in [0.25, 0.3) is 0 Å². The van der Waals surface area contributed by atoms with E-state index in [1.54, 1.807) is 31.3 Å². The van der Waals surface area contributed by atoms with E-state index in [0.717, 1.165) is 0 Å². The van der Waals surface area contributed by atoms with Crippen LogP contribution >= 0.6 is 0 Å². The van der Waals surface area contributed by atoms with Gasteiger partial charge < -0.3 is 15.3 Å². The van der Waals surface area contributed by atoms with E-state index in [2.05, 4.69) is 5.32 Å². The van der Waals surface area contributed by atoms with E-state index >= 15 is 0 Å². The second-order valence-electron chi connectivity index (χ2n) is 5.63. The third-order valence-electron chi connectivity index (χ3n) is 3.66. The van der Waals surface area contributed by atoms with Gasteiger partial charge >= 0.3 is 0 Å². The van der Waals surface area contributed by atoms with Crippen molar-refractivity contribution in [2.45, 2.75) is 23.5 Å². The highest BCUT2D eigenvalue weighted by Crippen LogP contribution is 2.30. The highest BCUT2D eigenvalue weighted by atomic mass is 32.2. The summed E-state index contributed by atoms with van der Waals surface area (Å²) in [5, 5.41) is 12.8. The van der Waals surface area contributed by atoms with Gasteiger partial charge in [0.25, 0.3) is 0 Å². The number of nitrogens with one attached hydrogen (secondary N) is 1. The van der Waals surface area contributed by atoms with Gasteiger partial charge in [-0.15, -0.1) is 0 Å². The molecule has 1 heterocycles. The number of para-hydroxylation sites is 1. The van der Waals surface area contributed by atoms with Crippen LogP contribution in [0.15, 0.2) is 29.2 Å². The van der Waals surface area contributed by atoms with Crippen molar-refractivity contribution in [3.8, 4) is 0 Å². The van der Waals surface area contributed by atoms with Crippen molar-refractivity contribution in [1.82, 2.24) is 9.21 Å². The van der Waals surface area contributed by atoms with Crippen molar-refractivity contribution >= 4 is 15.7 Å². The molecule has 7 heteroatoms. The van der Waals surface area contributed by atoms with E-state index in [1.807, 2.05) is 19.0 Å². The van der Waals surface area contributed by atoms with E-state index in [4.69, 9.17) is 0 Å². The Balaban J connectivity index is 2.37. The molecule has 1 aromatic carbocycles. The maximum absolute atomic E-state index is 12.9. The first-order chi connectivity index (χ1) is 9.86. The summed E-state index contributed by atoms with van der Waals surface area (Å²) < 4.78 is 27.2. The normalized spacial score (nSPS) is 23.7. The minimum atomic E-state index is -3.62. The lowest BCUT2D eigenvalue weighted by molar-refractivity contribution is 0.188. The van der Waals surface area contributed by atoms with Crippen LogP contribution in [-0.2, 0) is 10.0 Å². The van der Waals surface area contributed by atoms with Gasteiger partial charge in [0.2, 0.25) is 10.0 Å². The van der Waals surface area contributed by atoms with Crippen LogP contribution in [0.2, 0.25) is 0 Å². The van der Waals surface area contributed by atoms with Crippen LogP contribution in [0.4, 0.5) is 5.69 Å². The van der Waals surface area contributed by atoms with Crippen LogP contribution in [0.3, 0.4) is 0 Å². The summed E-state index contributed by atoms with van der Waals surface area (Å²) in [5.74, 6) is 0. The van der Waals surface area contributed by atoms with Crippen LogP contribution in [-0.4, -0.2) is 69.1 Å². The highest BCUT2D eigenvalue weighted by molar-refractivity contribution is 7.89. The lowest BCUT2D eigenvalue weighted by atomic mass is 10.2. The average molecular weight is 313 g/mol. The SMILES string of the molecule is CNc1ccccc1S(=O)(=O)N1CC(O)CC1CN(C)C. The summed E-state index contributed by atoms with van der Waals surface area (Å²) in [7, 11) is 1.87. The standard InChI is InChI=1S/C14H23N3O3S/c1-15-13-6-4-5-7-14(13)21(19,20)17-10-12(18)8-11(17)9-16(2)3/h4-7,11-12,15,18H,8-10H2,1-3H3. The van der Waals surface area contributed by atoms with Crippen LogP contribution in [0.5, 0.6) is 0 Å². The number of hydrogen-bond acceptors (Lipinski definition) is 5. The molecule has 1 aliphatic rings. The number of aliphatic hydroxyl groups excluding tert-OH is 1. The van der Waals surface area contributed by atoms with E-state index in [9.17, 15) is 13.5 Å². The van der Waals surface area contributed by atoms with Gasteiger partial charge in [-0.05, 0) is 32.6 Å². The van der Waals surface area contributed by atoms with Crippen LogP contribution in [0, 0.1) is 0 Å². The fourth-order valence-electron chi connectivity index (χ4n) is 2.77. The third-order valence-corrected chi connectivity index (χ3v) is 5.64. The molecule has 6 nitrogen and oxygen atoms in total. The molecule has 0 saturated carbocycles. The molecule has 1 aliphatic heterocycles. The molecule has 1 fully saturated rings. The molecule has 1 saturated heterocycles. The van der Waals surface area contributed by atoms with Gasteiger partial charge in [-0.1, -0.05) is 12.1 Å². The number of hydrogen-bond donors (Lipinski definition) is 2. The molecule has 0 aliphatic carbocycles. The number of aliphatic hydroxyl groups is 1.